The lowest BCUT2D eigenvalue weighted by Gasteiger charge is -2.20. The number of nitrogens with one attached hydrogen (secondary N) is 2. The molecule has 1 heterocycles. The molecule has 2 rings (SSSR count). The zero-order chi connectivity index (χ0) is 20.8. The average molecular weight is 414 g/mol. The SMILES string of the molecule is CC(C)(C)NC(=O)COC(=O)CCCNS(=O)(=O)c1ccc2c(c1)OCCO2. The van der Waals surface area contributed by atoms with E-state index < -0.39 is 21.5 Å². The van der Waals surface area contributed by atoms with Crippen molar-refractivity contribution in [3.05, 3.63) is 18.2 Å². The van der Waals surface area contributed by atoms with Gasteiger partial charge >= 0.3 is 5.97 Å². The molecule has 0 spiro atoms. The number of esters is 1. The van der Waals surface area contributed by atoms with E-state index in [2.05, 4.69) is 10.0 Å². The zero-order valence-corrected chi connectivity index (χ0v) is 17.1. The summed E-state index contributed by atoms with van der Waals surface area (Å²) >= 11 is 0. The minimum Gasteiger partial charge on any atom is -0.486 e. The van der Waals surface area contributed by atoms with Gasteiger partial charge in [0.2, 0.25) is 10.0 Å². The number of rotatable bonds is 8. The fraction of sp³-hybridized carbons (Fsp3) is 0.556. The van der Waals surface area contributed by atoms with Gasteiger partial charge in [0, 0.05) is 24.6 Å². The van der Waals surface area contributed by atoms with Crippen molar-refractivity contribution >= 4 is 21.9 Å². The van der Waals surface area contributed by atoms with Gasteiger partial charge in [-0.05, 0) is 39.3 Å². The lowest BCUT2D eigenvalue weighted by Crippen LogP contribution is -2.42. The van der Waals surface area contributed by atoms with E-state index in [0.29, 0.717) is 24.7 Å². The molecule has 1 aliphatic heterocycles. The number of fused-ring (bicyclic) bond motifs is 1. The van der Waals surface area contributed by atoms with Crippen LogP contribution in [-0.4, -0.2) is 52.2 Å². The summed E-state index contributed by atoms with van der Waals surface area (Å²) in [5.41, 5.74) is -0.407. The van der Waals surface area contributed by atoms with Gasteiger partial charge in [-0.1, -0.05) is 0 Å². The molecule has 1 amide bonds. The molecule has 1 aromatic carbocycles. The predicted octanol–water partition coefficient (Wildman–Crippen LogP) is 0.974. The van der Waals surface area contributed by atoms with Crippen molar-refractivity contribution in [3.8, 4) is 11.5 Å². The van der Waals surface area contributed by atoms with Gasteiger partial charge in [0.25, 0.3) is 5.91 Å². The third-order valence-electron chi connectivity index (χ3n) is 3.55. The topological polar surface area (TPSA) is 120 Å². The summed E-state index contributed by atoms with van der Waals surface area (Å²) in [6.45, 7) is 5.94. The Bertz CT molecular complexity index is 816. The van der Waals surface area contributed by atoms with E-state index in [0.717, 1.165) is 0 Å². The van der Waals surface area contributed by atoms with Gasteiger partial charge < -0.3 is 19.5 Å². The molecule has 0 aliphatic carbocycles. The summed E-state index contributed by atoms with van der Waals surface area (Å²) in [6, 6.07) is 4.37. The number of carbonyl (C=O) groups is 2. The van der Waals surface area contributed by atoms with Gasteiger partial charge in [-0.25, -0.2) is 13.1 Å². The number of hydrogen-bond donors (Lipinski definition) is 2. The molecule has 0 radical (unpaired) electrons. The molecule has 156 valence electrons. The van der Waals surface area contributed by atoms with Crippen molar-refractivity contribution in [2.75, 3.05) is 26.4 Å². The Kier molecular flexibility index (Phi) is 7.25. The quantitative estimate of drug-likeness (QED) is 0.480. The van der Waals surface area contributed by atoms with Crippen molar-refractivity contribution in [1.82, 2.24) is 10.0 Å². The summed E-state index contributed by atoms with van der Waals surface area (Å²) in [5, 5.41) is 2.67. The van der Waals surface area contributed by atoms with Crippen molar-refractivity contribution in [2.24, 2.45) is 0 Å². The van der Waals surface area contributed by atoms with Gasteiger partial charge in [-0.15, -0.1) is 0 Å². The molecule has 10 heteroatoms. The van der Waals surface area contributed by atoms with E-state index in [1.165, 1.54) is 12.1 Å². The Hall–Kier alpha value is -2.33. The van der Waals surface area contributed by atoms with Crippen LogP contribution in [0.1, 0.15) is 33.6 Å². The molecule has 0 fully saturated rings. The van der Waals surface area contributed by atoms with E-state index in [4.69, 9.17) is 14.2 Å². The lowest BCUT2D eigenvalue weighted by atomic mass is 10.1. The van der Waals surface area contributed by atoms with E-state index in [9.17, 15) is 18.0 Å². The van der Waals surface area contributed by atoms with Crippen molar-refractivity contribution in [1.29, 1.82) is 0 Å². The molecule has 0 saturated carbocycles. The number of benzene rings is 1. The Labute approximate surface area is 164 Å². The molecule has 0 atom stereocenters. The summed E-state index contributed by atoms with van der Waals surface area (Å²) in [4.78, 5) is 23.3. The highest BCUT2D eigenvalue weighted by atomic mass is 32.2. The molecule has 0 bridgehead atoms. The van der Waals surface area contributed by atoms with Crippen molar-refractivity contribution in [2.45, 2.75) is 44.0 Å². The molecule has 0 unspecified atom stereocenters. The fourth-order valence-corrected chi connectivity index (χ4v) is 3.48. The Morgan fingerprint density at radius 1 is 1.14 bits per heavy atom. The van der Waals surface area contributed by atoms with E-state index in [-0.39, 0.29) is 36.8 Å². The van der Waals surface area contributed by atoms with Crippen LogP contribution in [0.2, 0.25) is 0 Å². The largest absolute Gasteiger partial charge is 0.486 e. The number of hydrogen-bond acceptors (Lipinski definition) is 7. The average Bonchev–Trinajstić information content (AvgIpc) is 2.62. The second-order valence-corrected chi connectivity index (χ2v) is 9.03. The first-order valence-corrected chi connectivity index (χ1v) is 10.4. The molecule has 1 aliphatic rings. The third kappa shape index (κ3) is 7.01. The van der Waals surface area contributed by atoms with Crippen LogP contribution in [0.25, 0.3) is 0 Å². The van der Waals surface area contributed by atoms with Crippen molar-refractivity contribution in [3.63, 3.8) is 0 Å². The highest BCUT2D eigenvalue weighted by molar-refractivity contribution is 7.89. The molecular formula is C18H26N2O7S. The maximum atomic E-state index is 12.3. The second-order valence-electron chi connectivity index (χ2n) is 7.27. The first kappa shape index (κ1) is 22.0. The first-order valence-electron chi connectivity index (χ1n) is 8.93. The Balaban J connectivity index is 1.73. The van der Waals surface area contributed by atoms with Crippen LogP contribution in [-0.2, 0) is 24.3 Å². The van der Waals surface area contributed by atoms with E-state index in [1.807, 2.05) is 20.8 Å². The maximum Gasteiger partial charge on any atom is 0.306 e. The van der Waals surface area contributed by atoms with Crippen LogP contribution >= 0.6 is 0 Å². The van der Waals surface area contributed by atoms with Crippen LogP contribution in [0.15, 0.2) is 23.1 Å². The van der Waals surface area contributed by atoms with Gasteiger partial charge in [0.15, 0.2) is 18.1 Å². The zero-order valence-electron chi connectivity index (χ0n) is 16.2. The molecular weight excluding hydrogens is 388 g/mol. The number of ether oxygens (including phenoxy) is 3. The van der Waals surface area contributed by atoms with Gasteiger partial charge in [-0.3, -0.25) is 9.59 Å². The van der Waals surface area contributed by atoms with E-state index >= 15 is 0 Å². The molecule has 0 aromatic heterocycles. The molecule has 0 saturated heterocycles. The van der Waals surface area contributed by atoms with Crippen LogP contribution in [0.3, 0.4) is 0 Å². The van der Waals surface area contributed by atoms with Crippen LogP contribution < -0.4 is 19.5 Å². The van der Waals surface area contributed by atoms with Crippen LogP contribution in [0.5, 0.6) is 11.5 Å². The van der Waals surface area contributed by atoms with Gasteiger partial charge in [0.1, 0.15) is 13.2 Å². The third-order valence-corrected chi connectivity index (χ3v) is 5.01. The minimum atomic E-state index is -3.74. The summed E-state index contributed by atoms with van der Waals surface area (Å²) in [7, 11) is -3.74. The standard InChI is InChI=1S/C18H26N2O7S/c1-18(2,3)20-16(21)12-27-17(22)5-4-8-19-28(23,24)13-6-7-14-15(11-13)26-10-9-25-14/h6-7,11,19H,4-5,8-10,12H2,1-3H3,(H,20,21). The number of sulfonamides is 1. The smallest absolute Gasteiger partial charge is 0.306 e. The predicted molar refractivity (Wildman–Crippen MR) is 101 cm³/mol. The normalized spacial score (nSPS) is 13.7. The minimum absolute atomic E-state index is 0.00748. The molecule has 9 nitrogen and oxygen atoms in total. The second kappa shape index (κ2) is 9.24. The first-order chi connectivity index (χ1) is 13.1. The highest BCUT2D eigenvalue weighted by Gasteiger charge is 2.19. The van der Waals surface area contributed by atoms with Crippen LogP contribution in [0, 0.1) is 0 Å². The maximum absolute atomic E-state index is 12.3. The summed E-state index contributed by atoms with van der Waals surface area (Å²) in [6.07, 6.45) is 0.232. The van der Waals surface area contributed by atoms with Gasteiger partial charge in [-0.2, -0.15) is 0 Å². The molecule has 28 heavy (non-hydrogen) atoms. The molecule has 1 aromatic rings. The monoisotopic (exact) mass is 414 g/mol. The Morgan fingerprint density at radius 3 is 2.50 bits per heavy atom. The highest BCUT2D eigenvalue weighted by Crippen LogP contribution is 2.32. The van der Waals surface area contributed by atoms with Crippen molar-refractivity contribution < 1.29 is 32.2 Å². The van der Waals surface area contributed by atoms with Crippen LogP contribution in [0.4, 0.5) is 0 Å². The van der Waals surface area contributed by atoms with Gasteiger partial charge in [0.05, 0.1) is 4.90 Å². The fourth-order valence-electron chi connectivity index (χ4n) is 2.39. The molecule has 2 N–H and O–H groups in total. The Morgan fingerprint density at radius 2 is 1.82 bits per heavy atom. The number of carbonyl (C=O) groups excluding carboxylic acids is 2. The lowest BCUT2D eigenvalue weighted by molar-refractivity contribution is -0.149. The summed E-state index contributed by atoms with van der Waals surface area (Å²) < 4.78 is 42.7. The summed E-state index contributed by atoms with van der Waals surface area (Å²) in [5.74, 6) is -0.0718. The van der Waals surface area contributed by atoms with E-state index in [1.54, 1.807) is 6.07 Å². The number of amides is 1.